The minimum Gasteiger partial charge on any atom is -0.497 e. The monoisotopic (exact) mass is 289 g/mol. The average Bonchev–Trinajstić information content (AvgIpc) is 2.46. The van der Waals surface area contributed by atoms with Gasteiger partial charge in [-0.15, -0.1) is 0 Å². The van der Waals surface area contributed by atoms with E-state index < -0.39 is 5.54 Å². The van der Waals surface area contributed by atoms with Gasteiger partial charge >= 0.3 is 0 Å². The van der Waals surface area contributed by atoms with Gasteiger partial charge < -0.3 is 10.5 Å². The van der Waals surface area contributed by atoms with Crippen molar-refractivity contribution in [3.05, 3.63) is 64.7 Å². The summed E-state index contributed by atoms with van der Waals surface area (Å²) in [5.74, 6) is 0.871. The number of nitrogens with two attached hydrogens (primary N) is 1. The quantitative estimate of drug-likeness (QED) is 0.897. The zero-order chi connectivity index (χ0) is 14.6. The van der Waals surface area contributed by atoms with Gasteiger partial charge in [0.1, 0.15) is 5.75 Å². The first-order valence-corrected chi connectivity index (χ1v) is 7.07. The second kappa shape index (κ2) is 6.29. The van der Waals surface area contributed by atoms with E-state index in [9.17, 15) is 0 Å². The van der Waals surface area contributed by atoms with Crippen LogP contribution in [0.3, 0.4) is 0 Å². The molecule has 2 aromatic carbocycles. The molecule has 0 aliphatic carbocycles. The van der Waals surface area contributed by atoms with Gasteiger partial charge in [0, 0.05) is 10.6 Å². The summed E-state index contributed by atoms with van der Waals surface area (Å²) in [5.41, 5.74) is 8.24. The van der Waals surface area contributed by atoms with E-state index in [1.807, 2.05) is 43.3 Å². The highest BCUT2D eigenvalue weighted by Crippen LogP contribution is 2.29. The van der Waals surface area contributed by atoms with Gasteiger partial charge in [-0.1, -0.05) is 41.9 Å². The van der Waals surface area contributed by atoms with Crippen molar-refractivity contribution < 1.29 is 4.74 Å². The fourth-order valence-electron chi connectivity index (χ4n) is 2.26. The van der Waals surface area contributed by atoms with E-state index >= 15 is 0 Å². The van der Waals surface area contributed by atoms with E-state index in [0.29, 0.717) is 0 Å². The maximum Gasteiger partial charge on any atom is 0.118 e. The standard InChI is InChI=1S/C17H20ClNO/c1-17(19,15-5-3-4-6-16(15)18)12-11-13-7-9-14(20-2)10-8-13/h3-10H,11-12,19H2,1-2H3. The highest BCUT2D eigenvalue weighted by atomic mass is 35.5. The van der Waals surface area contributed by atoms with Crippen molar-refractivity contribution in [3.63, 3.8) is 0 Å². The predicted molar refractivity (Wildman–Crippen MR) is 84.3 cm³/mol. The van der Waals surface area contributed by atoms with Gasteiger partial charge in [-0.3, -0.25) is 0 Å². The molecule has 1 unspecified atom stereocenters. The van der Waals surface area contributed by atoms with Crippen molar-refractivity contribution in [2.24, 2.45) is 5.73 Å². The Labute approximate surface area is 125 Å². The van der Waals surface area contributed by atoms with E-state index in [2.05, 4.69) is 12.1 Å². The smallest absolute Gasteiger partial charge is 0.118 e. The Hall–Kier alpha value is -1.51. The first-order chi connectivity index (χ1) is 9.53. The third-order valence-electron chi connectivity index (χ3n) is 3.58. The number of methoxy groups -OCH3 is 1. The number of halogens is 1. The molecule has 0 saturated heterocycles. The summed E-state index contributed by atoms with van der Waals surface area (Å²) in [6.45, 7) is 2.03. The lowest BCUT2D eigenvalue weighted by atomic mass is 9.87. The third-order valence-corrected chi connectivity index (χ3v) is 3.91. The summed E-state index contributed by atoms with van der Waals surface area (Å²) in [6, 6.07) is 15.9. The van der Waals surface area contributed by atoms with Gasteiger partial charge in [-0.2, -0.15) is 0 Å². The van der Waals surface area contributed by atoms with Crippen LogP contribution in [0, 0.1) is 0 Å². The van der Waals surface area contributed by atoms with E-state index in [4.69, 9.17) is 22.1 Å². The van der Waals surface area contributed by atoms with Gasteiger partial charge in [0.05, 0.1) is 7.11 Å². The minimum atomic E-state index is -0.432. The molecular formula is C17H20ClNO. The van der Waals surface area contributed by atoms with Crippen molar-refractivity contribution in [3.8, 4) is 5.75 Å². The Morgan fingerprint density at radius 1 is 1.10 bits per heavy atom. The fourth-order valence-corrected chi connectivity index (χ4v) is 2.61. The molecule has 0 spiro atoms. The van der Waals surface area contributed by atoms with Gasteiger partial charge in [0.15, 0.2) is 0 Å². The minimum absolute atomic E-state index is 0.432. The molecule has 2 rings (SSSR count). The van der Waals surface area contributed by atoms with E-state index in [1.165, 1.54) is 5.56 Å². The largest absolute Gasteiger partial charge is 0.497 e. The summed E-state index contributed by atoms with van der Waals surface area (Å²) in [5, 5.41) is 0.729. The third kappa shape index (κ3) is 3.53. The van der Waals surface area contributed by atoms with Crippen molar-refractivity contribution >= 4 is 11.6 Å². The van der Waals surface area contributed by atoms with Crippen LogP contribution >= 0.6 is 11.6 Å². The average molecular weight is 290 g/mol. The summed E-state index contributed by atoms with van der Waals surface area (Å²) < 4.78 is 5.16. The zero-order valence-electron chi connectivity index (χ0n) is 11.9. The molecule has 0 heterocycles. The topological polar surface area (TPSA) is 35.2 Å². The van der Waals surface area contributed by atoms with Crippen LogP contribution in [0.25, 0.3) is 0 Å². The van der Waals surface area contributed by atoms with E-state index in [0.717, 1.165) is 29.2 Å². The number of aryl methyl sites for hydroxylation is 1. The molecular weight excluding hydrogens is 270 g/mol. The molecule has 20 heavy (non-hydrogen) atoms. The molecule has 106 valence electrons. The van der Waals surface area contributed by atoms with Gasteiger partial charge in [-0.25, -0.2) is 0 Å². The van der Waals surface area contributed by atoms with Crippen LogP contribution in [0.4, 0.5) is 0 Å². The molecule has 0 bridgehead atoms. The summed E-state index contributed by atoms with van der Waals surface area (Å²) in [7, 11) is 1.67. The highest BCUT2D eigenvalue weighted by Gasteiger charge is 2.23. The number of hydrogen-bond donors (Lipinski definition) is 1. The lowest BCUT2D eigenvalue weighted by Gasteiger charge is -2.26. The van der Waals surface area contributed by atoms with Crippen molar-refractivity contribution in [2.45, 2.75) is 25.3 Å². The van der Waals surface area contributed by atoms with Crippen LogP contribution in [0.1, 0.15) is 24.5 Å². The lowest BCUT2D eigenvalue weighted by molar-refractivity contribution is 0.414. The van der Waals surface area contributed by atoms with Gasteiger partial charge in [0.25, 0.3) is 0 Å². The van der Waals surface area contributed by atoms with E-state index in [1.54, 1.807) is 7.11 Å². The Morgan fingerprint density at radius 2 is 1.75 bits per heavy atom. The van der Waals surface area contributed by atoms with Crippen molar-refractivity contribution in [1.29, 1.82) is 0 Å². The number of ether oxygens (including phenoxy) is 1. The van der Waals surface area contributed by atoms with Crippen molar-refractivity contribution in [2.75, 3.05) is 7.11 Å². The van der Waals surface area contributed by atoms with Gasteiger partial charge in [0.2, 0.25) is 0 Å². The Bertz CT molecular complexity index is 563. The molecule has 0 aliphatic heterocycles. The molecule has 0 fully saturated rings. The molecule has 1 atom stereocenters. The highest BCUT2D eigenvalue weighted by molar-refractivity contribution is 6.31. The number of hydrogen-bond acceptors (Lipinski definition) is 2. The maximum atomic E-state index is 6.43. The van der Waals surface area contributed by atoms with Crippen LogP contribution in [0.2, 0.25) is 5.02 Å². The second-order valence-corrected chi connectivity index (χ2v) is 5.65. The summed E-state index contributed by atoms with van der Waals surface area (Å²) in [4.78, 5) is 0. The Balaban J connectivity index is 2.07. The fraction of sp³-hybridized carbons (Fsp3) is 0.294. The first-order valence-electron chi connectivity index (χ1n) is 6.70. The molecule has 0 saturated carbocycles. The first kappa shape index (κ1) is 14.9. The van der Waals surface area contributed by atoms with Crippen molar-refractivity contribution in [1.82, 2.24) is 0 Å². The molecule has 2 aromatic rings. The number of rotatable bonds is 5. The molecule has 0 radical (unpaired) electrons. The zero-order valence-corrected chi connectivity index (χ0v) is 12.7. The maximum absolute atomic E-state index is 6.43. The molecule has 3 heteroatoms. The van der Waals surface area contributed by atoms with Crippen LogP contribution in [0.5, 0.6) is 5.75 Å². The Kier molecular flexibility index (Phi) is 4.69. The predicted octanol–water partition coefficient (Wildman–Crippen LogP) is 4.16. The van der Waals surface area contributed by atoms with Gasteiger partial charge in [-0.05, 0) is 49.1 Å². The lowest BCUT2D eigenvalue weighted by Crippen LogP contribution is -2.33. The molecule has 0 aromatic heterocycles. The van der Waals surface area contributed by atoms with Crippen LogP contribution in [-0.2, 0) is 12.0 Å². The van der Waals surface area contributed by atoms with E-state index in [-0.39, 0.29) is 0 Å². The molecule has 2 nitrogen and oxygen atoms in total. The van der Waals surface area contributed by atoms with Crippen LogP contribution < -0.4 is 10.5 Å². The molecule has 0 aliphatic rings. The molecule has 2 N–H and O–H groups in total. The summed E-state index contributed by atoms with van der Waals surface area (Å²) in [6.07, 6.45) is 1.74. The Morgan fingerprint density at radius 3 is 2.35 bits per heavy atom. The normalized spacial score (nSPS) is 13.8. The summed E-state index contributed by atoms with van der Waals surface area (Å²) >= 11 is 6.23. The molecule has 0 amide bonds. The van der Waals surface area contributed by atoms with Crippen LogP contribution in [0.15, 0.2) is 48.5 Å². The van der Waals surface area contributed by atoms with Crippen LogP contribution in [-0.4, -0.2) is 7.11 Å². The second-order valence-electron chi connectivity index (χ2n) is 5.25. The SMILES string of the molecule is COc1ccc(CCC(C)(N)c2ccccc2Cl)cc1. The number of benzene rings is 2.